The molecular formula is C17H26N4O. The summed E-state index contributed by atoms with van der Waals surface area (Å²) >= 11 is 0. The highest BCUT2D eigenvalue weighted by atomic mass is 16.2. The van der Waals surface area contributed by atoms with E-state index in [1.807, 2.05) is 18.0 Å². The maximum Gasteiger partial charge on any atom is 0.222 e. The van der Waals surface area contributed by atoms with Crippen LogP contribution in [0.1, 0.15) is 25.0 Å². The van der Waals surface area contributed by atoms with Gasteiger partial charge in [-0.2, -0.15) is 0 Å². The smallest absolute Gasteiger partial charge is 0.222 e. The molecule has 2 aliphatic rings. The van der Waals surface area contributed by atoms with Crippen LogP contribution < -0.4 is 4.90 Å². The topological polar surface area (TPSA) is 39.7 Å². The quantitative estimate of drug-likeness (QED) is 0.845. The number of rotatable bonds is 4. The number of hydrogen-bond donors (Lipinski definition) is 0. The standard InChI is InChI=1S/C17H26N4O/c1-15-14-16(5-6-18-15)20-9-3-7-19(10-12-20)11-13-21-8-2-4-17(21)22/h5-6,14H,2-4,7-13H2,1H3. The molecule has 120 valence electrons. The van der Waals surface area contributed by atoms with Crippen LogP contribution in [0.5, 0.6) is 0 Å². The lowest BCUT2D eigenvalue weighted by Crippen LogP contribution is -2.37. The first kappa shape index (κ1) is 15.3. The summed E-state index contributed by atoms with van der Waals surface area (Å²) in [6.07, 6.45) is 4.85. The lowest BCUT2D eigenvalue weighted by atomic mass is 10.3. The summed E-state index contributed by atoms with van der Waals surface area (Å²) in [6, 6.07) is 4.27. The number of carbonyl (C=O) groups excluding carboxylic acids is 1. The van der Waals surface area contributed by atoms with Crippen LogP contribution in [0.4, 0.5) is 5.69 Å². The number of carbonyl (C=O) groups is 1. The summed E-state index contributed by atoms with van der Waals surface area (Å²) in [5, 5.41) is 0. The van der Waals surface area contributed by atoms with E-state index in [-0.39, 0.29) is 0 Å². The Morgan fingerprint density at radius 3 is 2.77 bits per heavy atom. The molecule has 3 heterocycles. The summed E-state index contributed by atoms with van der Waals surface area (Å²) in [5.41, 5.74) is 2.36. The first-order valence-electron chi connectivity index (χ1n) is 8.40. The second-order valence-corrected chi connectivity index (χ2v) is 6.32. The molecule has 5 heteroatoms. The lowest BCUT2D eigenvalue weighted by Gasteiger charge is -2.25. The predicted octanol–water partition coefficient (Wildman–Crippen LogP) is 1.52. The molecule has 1 aromatic rings. The average Bonchev–Trinajstić information content (AvgIpc) is 2.78. The highest BCUT2D eigenvalue weighted by Gasteiger charge is 2.21. The van der Waals surface area contributed by atoms with Crippen molar-refractivity contribution in [2.45, 2.75) is 26.2 Å². The van der Waals surface area contributed by atoms with Gasteiger partial charge in [-0.1, -0.05) is 0 Å². The molecule has 2 fully saturated rings. The van der Waals surface area contributed by atoms with Gasteiger partial charge in [-0.15, -0.1) is 0 Å². The van der Waals surface area contributed by atoms with Gasteiger partial charge in [-0.05, 0) is 38.4 Å². The van der Waals surface area contributed by atoms with Crippen molar-refractivity contribution in [2.24, 2.45) is 0 Å². The third-order valence-corrected chi connectivity index (χ3v) is 4.69. The fourth-order valence-electron chi connectivity index (χ4n) is 3.38. The van der Waals surface area contributed by atoms with Gasteiger partial charge in [0.1, 0.15) is 0 Å². The van der Waals surface area contributed by atoms with E-state index in [4.69, 9.17) is 0 Å². The van der Waals surface area contributed by atoms with Crippen LogP contribution in [0.25, 0.3) is 0 Å². The van der Waals surface area contributed by atoms with Crippen LogP contribution in [0.15, 0.2) is 18.3 Å². The second kappa shape index (κ2) is 7.09. The highest BCUT2D eigenvalue weighted by molar-refractivity contribution is 5.78. The molecule has 0 bridgehead atoms. The zero-order valence-corrected chi connectivity index (χ0v) is 13.5. The van der Waals surface area contributed by atoms with Gasteiger partial charge in [0.2, 0.25) is 5.91 Å². The number of hydrogen-bond acceptors (Lipinski definition) is 4. The summed E-state index contributed by atoms with van der Waals surface area (Å²) in [7, 11) is 0. The minimum Gasteiger partial charge on any atom is -0.370 e. The molecule has 0 unspecified atom stereocenters. The van der Waals surface area contributed by atoms with E-state index in [1.54, 1.807) is 0 Å². The molecule has 2 aliphatic heterocycles. The van der Waals surface area contributed by atoms with Crippen molar-refractivity contribution in [3.63, 3.8) is 0 Å². The first-order valence-corrected chi connectivity index (χ1v) is 8.40. The Morgan fingerprint density at radius 1 is 1.09 bits per heavy atom. The monoisotopic (exact) mass is 302 g/mol. The molecule has 22 heavy (non-hydrogen) atoms. The number of nitrogens with zero attached hydrogens (tertiary/aromatic N) is 4. The van der Waals surface area contributed by atoms with Crippen LogP contribution in [0.3, 0.4) is 0 Å². The Hall–Kier alpha value is -1.62. The normalized spacial score (nSPS) is 20.5. The minimum atomic E-state index is 0.337. The Kier molecular flexibility index (Phi) is 4.93. The molecule has 1 amide bonds. The van der Waals surface area contributed by atoms with Crippen molar-refractivity contribution in [3.8, 4) is 0 Å². The number of likely N-dealkylation sites (tertiary alicyclic amines) is 1. The second-order valence-electron chi connectivity index (χ2n) is 6.32. The molecule has 0 atom stereocenters. The fraction of sp³-hybridized carbons (Fsp3) is 0.647. The van der Waals surface area contributed by atoms with E-state index in [2.05, 4.69) is 26.9 Å². The van der Waals surface area contributed by atoms with Gasteiger partial charge >= 0.3 is 0 Å². The first-order chi connectivity index (χ1) is 10.7. The zero-order valence-electron chi connectivity index (χ0n) is 13.5. The van der Waals surface area contributed by atoms with Crippen molar-refractivity contribution in [1.29, 1.82) is 0 Å². The van der Waals surface area contributed by atoms with E-state index < -0.39 is 0 Å². The molecule has 0 N–H and O–H groups in total. The third-order valence-electron chi connectivity index (χ3n) is 4.69. The van der Waals surface area contributed by atoms with Crippen molar-refractivity contribution in [2.75, 3.05) is 50.7 Å². The zero-order chi connectivity index (χ0) is 15.4. The van der Waals surface area contributed by atoms with Crippen molar-refractivity contribution >= 4 is 11.6 Å². The number of aryl methyl sites for hydroxylation is 1. The Labute approximate surface area is 132 Å². The van der Waals surface area contributed by atoms with Gasteiger partial charge in [0.25, 0.3) is 0 Å². The van der Waals surface area contributed by atoms with Gasteiger partial charge in [0.05, 0.1) is 0 Å². The Balaban J connectivity index is 1.50. The van der Waals surface area contributed by atoms with Crippen LogP contribution >= 0.6 is 0 Å². The van der Waals surface area contributed by atoms with Crippen LogP contribution in [-0.2, 0) is 4.79 Å². The van der Waals surface area contributed by atoms with Gasteiger partial charge in [-0.3, -0.25) is 14.7 Å². The Morgan fingerprint density at radius 2 is 2.00 bits per heavy atom. The van der Waals surface area contributed by atoms with Crippen LogP contribution in [0.2, 0.25) is 0 Å². The van der Waals surface area contributed by atoms with Crippen molar-refractivity contribution in [1.82, 2.24) is 14.8 Å². The number of pyridine rings is 1. The maximum absolute atomic E-state index is 11.7. The fourth-order valence-corrected chi connectivity index (χ4v) is 3.38. The molecule has 0 radical (unpaired) electrons. The summed E-state index contributed by atoms with van der Waals surface area (Å²) in [4.78, 5) is 22.9. The molecule has 0 spiro atoms. The number of amides is 1. The predicted molar refractivity (Wildman–Crippen MR) is 88.1 cm³/mol. The largest absolute Gasteiger partial charge is 0.370 e. The summed E-state index contributed by atoms with van der Waals surface area (Å²) < 4.78 is 0. The molecule has 3 rings (SSSR count). The number of aromatic nitrogens is 1. The van der Waals surface area contributed by atoms with Crippen molar-refractivity contribution < 1.29 is 4.79 Å². The van der Waals surface area contributed by atoms with Gasteiger partial charge in [-0.25, -0.2) is 0 Å². The average molecular weight is 302 g/mol. The maximum atomic E-state index is 11.7. The molecule has 5 nitrogen and oxygen atoms in total. The van der Waals surface area contributed by atoms with Gasteiger partial charge in [0.15, 0.2) is 0 Å². The molecule has 0 aliphatic carbocycles. The molecule has 0 aromatic carbocycles. The van der Waals surface area contributed by atoms with E-state index in [9.17, 15) is 4.79 Å². The van der Waals surface area contributed by atoms with Gasteiger partial charge < -0.3 is 9.80 Å². The van der Waals surface area contributed by atoms with E-state index in [1.165, 1.54) is 12.1 Å². The van der Waals surface area contributed by atoms with E-state index in [0.29, 0.717) is 5.91 Å². The molecule has 0 saturated carbocycles. The van der Waals surface area contributed by atoms with E-state index in [0.717, 1.165) is 64.3 Å². The SMILES string of the molecule is Cc1cc(N2CCCN(CCN3CCCC3=O)CC2)ccn1. The third kappa shape index (κ3) is 3.77. The molecule has 2 saturated heterocycles. The summed E-state index contributed by atoms with van der Waals surface area (Å²) in [6.45, 7) is 9.25. The van der Waals surface area contributed by atoms with Gasteiger partial charge in [0, 0.05) is 63.3 Å². The molecule has 1 aromatic heterocycles. The van der Waals surface area contributed by atoms with Crippen molar-refractivity contribution in [3.05, 3.63) is 24.0 Å². The van der Waals surface area contributed by atoms with E-state index >= 15 is 0 Å². The minimum absolute atomic E-state index is 0.337. The van der Waals surface area contributed by atoms with Crippen LogP contribution in [-0.4, -0.2) is 66.5 Å². The summed E-state index contributed by atoms with van der Waals surface area (Å²) in [5.74, 6) is 0.337. The lowest BCUT2D eigenvalue weighted by molar-refractivity contribution is -0.127. The number of anilines is 1. The highest BCUT2D eigenvalue weighted by Crippen LogP contribution is 2.17. The molecular weight excluding hydrogens is 276 g/mol. The van der Waals surface area contributed by atoms with Crippen LogP contribution in [0, 0.1) is 6.92 Å². The Bertz CT molecular complexity index is 519.